The summed E-state index contributed by atoms with van der Waals surface area (Å²) in [6.07, 6.45) is -6.79. The summed E-state index contributed by atoms with van der Waals surface area (Å²) in [6.45, 7) is 0. The first-order chi connectivity index (χ1) is 7.55. The summed E-state index contributed by atoms with van der Waals surface area (Å²) >= 11 is 0. The van der Waals surface area contributed by atoms with Crippen LogP contribution in [-0.2, 0) is 14.1 Å². The monoisotopic (exact) mass is 272 g/mol. The van der Waals surface area contributed by atoms with E-state index in [1.54, 1.807) is 0 Å². The Hall–Kier alpha value is -0.540. The summed E-state index contributed by atoms with van der Waals surface area (Å²) in [7, 11) is -4.58. The molecule has 0 aliphatic carbocycles. The number of aliphatic hydroxyl groups excluding tert-OH is 2. The van der Waals surface area contributed by atoms with E-state index in [9.17, 15) is 24.7 Å². The summed E-state index contributed by atoms with van der Waals surface area (Å²) in [5.74, 6) is -4.57. The van der Waals surface area contributed by atoms with Gasteiger partial charge in [0, 0.05) is 6.42 Å². The van der Waals surface area contributed by atoms with Gasteiger partial charge in [0.15, 0.2) is 0 Å². The number of rotatable bonds is 3. The molecule has 1 fully saturated rings. The number of aliphatic hydroxyl groups is 3. The molecule has 9 nitrogen and oxygen atoms in total. The predicted octanol–water partition coefficient (Wildman–Crippen LogP) is -2.55. The van der Waals surface area contributed by atoms with Gasteiger partial charge in [-0.1, -0.05) is 0 Å². The van der Waals surface area contributed by atoms with Gasteiger partial charge >= 0.3 is 13.6 Å². The van der Waals surface area contributed by atoms with Crippen molar-refractivity contribution in [3.63, 3.8) is 0 Å². The van der Waals surface area contributed by atoms with Gasteiger partial charge in [-0.15, -0.1) is 0 Å². The maximum atomic E-state index is 10.7. The third-order valence-electron chi connectivity index (χ3n) is 2.36. The summed E-state index contributed by atoms with van der Waals surface area (Å²) in [4.78, 5) is 28.1. The summed E-state index contributed by atoms with van der Waals surface area (Å²) in [5, 5.41) is 36.8. The van der Waals surface area contributed by atoms with Gasteiger partial charge in [-0.2, -0.15) is 0 Å². The van der Waals surface area contributed by atoms with Crippen LogP contribution in [0.2, 0.25) is 0 Å². The van der Waals surface area contributed by atoms with Crippen molar-refractivity contribution in [1.29, 1.82) is 0 Å². The molecule has 0 aromatic rings. The van der Waals surface area contributed by atoms with Crippen molar-refractivity contribution in [1.82, 2.24) is 0 Å². The molecule has 4 unspecified atom stereocenters. The van der Waals surface area contributed by atoms with Crippen molar-refractivity contribution in [2.24, 2.45) is 0 Å². The second kappa shape index (κ2) is 4.62. The van der Waals surface area contributed by atoms with Crippen molar-refractivity contribution in [2.45, 2.75) is 30.5 Å². The molecule has 6 N–H and O–H groups in total. The molecule has 4 atom stereocenters. The van der Waals surface area contributed by atoms with Gasteiger partial charge in [0.2, 0.25) is 0 Å². The number of hydrogen-bond acceptors (Lipinski definition) is 6. The van der Waals surface area contributed by atoms with Crippen LogP contribution in [0.3, 0.4) is 0 Å². The fourth-order valence-corrected chi connectivity index (χ4v) is 2.30. The molecular weight excluding hydrogens is 259 g/mol. The molecule has 0 spiro atoms. The Bertz CT molecular complexity index is 351. The van der Waals surface area contributed by atoms with Crippen molar-refractivity contribution >= 4 is 13.6 Å². The first kappa shape index (κ1) is 14.5. The van der Waals surface area contributed by atoms with Crippen LogP contribution in [0.1, 0.15) is 6.42 Å². The lowest BCUT2D eigenvalue weighted by Gasteiger charge is -2.39. The summed E-state index contributed by atoms with van der Waals surface area (Å²) < 4.78 is 15.3. The number of carboxylic acids is 1. The van der Waals surface area contributed by atoms with Crippen LogP contribution in [0.15, 0.2) is 0 Å². The van der Waals surface area contributed by atoms with Crippen LogP contribution in [0, 0.1) is 0 Å². The van der Waals surface area contributed by atoms with E-state index in [0.717, 1.165) is 0 Å². The van der Waals surface area contributed by atoms with E-state index >= 15 is 0 Å². The van der Waals surface area contributed by atoms with E-state index in [1.807, 2.05) is 0 Å². The van der Waals surface area contributed by atoms with Crippen molar-refractivity contribution in [3.8, 4) is 0 Å². The zero-order valence-electron chi connectivity index (χ0n) is 8.50. The van der Waals surface area contributed by atoms with E-state index < -0.39 is 50.2 Å². The Morgan fingerprint density at radius 2 is 1.94 bits per heavy atom. The average Bonchev–Trinajstić information content (AvgIpc) is 2.11. The molecule has 0 aromatic heterocycles. The SMILES string of the molecule is O=C(O)C1(O)CC(O)C(O)C(CP(=O)(O)O)O1. The Balaban J connectivity index is 2.89. The quantitative estimate of drug-likeness (QED) is 0.303. The minimum absolute atomic E-state index is 0.791. The summed E-state index contributed by atoms with van der Waals surface area (Å²) in [6, 6.07) is 0. The summed E-state index contributed by atoms with van der Waals surface area (Å²) in [5.41, 5.74) is 0. The van der Waals surface area contributed by atoms with E-state index in [1.165, 1.54) is 0 Å². The highest BCUT2D eigenvalue weighted by Gasteiger charge is 2.51. The average molecular weight is 272 g/mol. The number of aliphatic carboxylic acids is 1. The fourth-order valence-electron chi connectivity index (χ4n) is 1.54. The normalized spacial score (nSPS) is 39.0. The topological polar surface area (TPSA) is 165 Å². The molecule has 1 aliphatic rings. The van der Waals surface area contributed by atoms with Crippen LogP contribution >= 0.6 is 7.60 Å². The van der Waals surface area contributed by atoms with Crippen molar-refractivity contribution < 1.29 is 44.3 Å². The molecule has 1 rings (SSSR count). The number of hydrogen-bond donors (Lipinski definition) is 6. The first-order valence-electron chi connectivity index (χ1n) is 4.59. The van der Waals surface area contributed by atoms with E-state index in [2.05, 4.69) is 4.74 Å². The smallest absolute Gasteiger partial charge is 0.364 e. The van der Waals surface area contributed by atoms with E-state index in [-0.39, 0.29) is 0 Å². The first-order valence-corrected chi connectivity index (χ1v) is 6.39. The highest BCUT2D eigenvalue weighted by atomic mass is 31.2. The lowest BCUT2D eigenvalue weighted by atomic mass is 9.96. The number of carboxylic acid groups (broad SMARTS) is 1. The molecule has 0 radical (unpaired) electrons. The Labute approximate surface area is 95.4 Å². The van der Waals surface area contributed by atoms with Gasteiger partial charge in [0.25, 0.3) is 5.79 Å². The minimum atomic E-state index is -4.58. The third kappa shape index (κ3) is 3.46. The second-order valence-corrected chi connectivity index (χ2v) is 5.55. The zero-order valence-corrected chi connectivity index (χ0v) is 9.40. The minimum Gasteiger partial charge on any atom is -0.477 e. The molecule has 100 valence electrons. The number of ether oxygens (including phenoxy) is 1. The Morgan fingerprint density at radius 1 is 1.41 bits per heavy atom. The lowest BCUT2D eigenvalue weighted by molar-refractivity contribution is -0.289. The molecule has 1 heterocycles. The van der Waals surface area contributed by atoms with Crippen molar-refractivity contribution in [3.05, 3.63) is 0 Å². The molecule has 1 saturated heterocycles. The number of carbonyl (C=O) groups is 1. The molecule has 10 heteroatoms. The molecule has 0 amide bonds. The third-order valence-corrected chi connectivity index (χ3v) is 3.19. The van der Waals surface area contributed by atoms with Crippen molar-refractivity contribution in [2.75, 3.05) is 6.16 Å². The molecule has 0 aromatic carbocycles. The van der Waals surface area contributed by atoms with E-state index in [4.69, 9.17) is 14.9 Å². The maximum absolute atomic E-state index is 10.7. The standard InChI is InChI=1S/C7H13O9P/c8-3-1-7(12,6(10)11)16-4(5(3)9)2-17(13,14)15/h3-5,8-9,12H,1-2H2,(H,10,11)(H2,13,14,15). The zero-order chi connectivity index (χ0) is 13.4. The molecule has 0 bridgehead atoms. The lowest BCUT2D eigenvalue weighted by Crippen LogP contribution is -2.59. The molecular formula is C7H13O9P. The predicted molar refractivity (Wildman–Crippen MR) is 51.0 cm³/mol. The molecule has 1 aliphatic heterocycles. The van der Waals surface area contributed by atoms with Crippen LogP contribution in [0.25, 0.3) is 0 Å². The second-order valence-electron chi connectivity index (χ2n) is 3.86. The van der Waals surface area contributed by atoms with Crippen LogP contribution in [0.4, 0.5) is 0 Å². The van der Waals surface area contributed by atoms with Gasteiger partial charge in [-0.05, 0) is 0 Å². The van der Waals surface area contributed by atoms with Gasteiger partial charge in [0.05, 0.1) is 12.3 Å². The highest BCUT2D eigenvalue weighted by Crippen LogP contribution is 2.40. The molecule has 17 heavy (non-hydrogen) atoms. The van der Waals surface area contributed by atoms with Gasteiger partial charge in [-0.3, -0.25) is 4.57 Å². The van der Waals surface area contributed by atoms with Gasteiger partial charge < -0.3 is 34.9 Å². The molecule has 0 saturated carbocycles. The van der Waals surface area contributed by atoms with Gasteiger partial charge in [-0.25, -0.2) is 4.79 Å². The van der Waals surface area contributed by atoms with Crippen LogP contribution < -0.4 is 0 Å². The Morgan fingerprint density at radius 3 is 2.35 bits per heavy atom. The van der Waals surface area contributed by atoms with E-state index in [0.29, 0.717) is 0 Å². The van der Waals surface area contributed by atoms with Gasteiger partial charge in [0.1, 0.15) is 12.2 Å². The van der Waals surface area contributed by atoms with Crippen LogP contribution in [0.5, 0.6) is 0 Å². The Kier molecular flexibility index (Phi) is 3.94. The van der Waals surface area contributed by atoms with Crippen LogP contribution in [-0.4, -0.2) is 66.4 Å². The fraction of sp³-hybridized carbons (Fsp3) is 0.857. The highest BCUT2D eigenvalue weighted by molar-refractivity contribution is 7.51. The maximum Gasteiger partial charge on any atom is 0.364 e. The largest absolute Gasteiger partial charge is 0.477 e.